The van der Waals surface area contributed by atoms with Crippen molar-refractivity contribution in [3.05, 3.63) is 53.8 Å². The lowest BCUT2D eigenvalue weighted by Gasteiger charge is -2.17. The highest BCUT2D eigenvalue weighted by atomic mass is 32.2. The van der Waals surface area contributed by atoms with Crippen LogP contribution in [0.2, 0.25) is 0 Å². The molecule has 0 bridgehead atoms. The second-order valence-electron chi connectivity index (χ2n) is 5.77. The normalized spacial score (nSPS) is 12.3. The number of amides is 1. The van der Waals surface area contributed by atoms with E-state index in [4.69, 9.17) is 0 Å². The van der Waals surface area contributed by atoms with Crippen molar-refractivity contribution < 1.29 is 17.6 Å². The van der Waals surface area contributed by atoms with Gasteiger partial charge in [-0.05, 0) is 49.7 Å². The molecule has 0 aliphatic rings. The van der Waals surface area contributed by atoms with Gasteiger partial charge < -0.3 is 10.6 Å². The van der Waals surface area contributed by atoms with Crippen LogP contribution >= 0.6 is 0 Å². The Kier molecular flexibility index (Phi) is 5.63. The van der Waals surface area contributed by atoms with Crippen molar-refractivity contribution in [2.75, 3.05) is 21.6 Å². The average molecular weight is 365 g/mol. The Morgan fingerprint density at radius 3 is 2.48 bits per heavy atom. The van der Waals surface area contributed by atoms with Crippen LogP contribution in [0, 0.1) is 12.7 Å². The van der Waals surface area contributed by atoms with Gasteiger partial charge in [0, 0.05) is 11.4 Å². The van der Waals surface area contributed by atoms with Crippen LogP contribution < -0.4 is 15.4 Å². The molecular formula is C17H20FN3O3S. The van der Waals surface area contributed by atoms with E-state index < -0.39 is 21.9 Å². The molecule has 1 amide bonds. The van der Waals surface area contributed by atoms with E-state index in [0.29, 0.717) is 17.1 Å². The molecule has 8 heteroatoms. The number of halogens is 1. The minimum Gasteiger partial charge on any atom is -0.374 e. The van der Waals surface area contributed by atoms with Crippen molar-refractivity contribution in [3.63, 3.8) is 0 Å². The zero-order valence-electron chi connectivity index (χ0n) is 14.1. The van der Waals surface area contributed by atoms with E-state index in [2.05, 4.69) is 15.4 Å². The van der Waals surface area contributed by atoms with Gasteiger partial charge in [0.2, 0.25) is 15.9 Å². The predicted molar refractivity (Wildman–Crippen MR) is 97.8 cm³/mol. The lowest BCUT2D eigenvalue weighted by atomic mass is 10.1. The van der Waals surface area contributed by atoms with Crippen molar-refractivity contribution in [2.45, 2.75) is 19.9 Å². The SMILES string of the molecule is Cc1ccc(N[C@@H](C)C(=O)Nc2cccc(F)c2)cc1NS(C)(=O)=O. The molecule has 2 aromatic carbocycles. The summed E-state index contributed by atoms with van der Waals surface area (Å²) in [5, 5.41) is 5.60. The van der Waals surface area contributed by atoms with Crippen molar-refractivity contribution in [1.82, 2.24) is 0 Å². The number of anilines is 3. The van der Waals surface area contributed by atoms with Gasteiger partial charge in [-0.2, -0.15) is 0 Å². The molecule has 134 valence electrons. The number of hydrogen-bond donors (Lipinski definition) is 3. The number of rotatable bonds is 6. The summed E-state index contributed by atoms with van der Waals surface area (Å²) < 4.78 is 38.4. The quantitative estimate of drug-likeness (QED) is 0.734. The van der Waals surface area contributed by atoms with E-state index in [1.165, 1.54) is 18.2 Å². The van der Waals surface area contributed by atoms with Gasteiger partial charge in [-0.25, -0.2) is 12.8 Å². The van der Waals surface area contributed by atoms with Crippen LogP contribution in [0.3, 0.4) is 0 Å². The molecule has 25 heavy (non-hydrogen) atoms. The van der Waals surface area contributed by atoms with Crippen LogP contribution in [0.15, 0.2) is 42.5 Å². The number of sulfonamides is 1. The maximum atomic E-state index is 13.2. The minimum atomic E-state index is -3.40. The van der Waals surface area contributed by atoms with Gasteiger partial charge in [0.15, 0.2) is 0 Å². The molecule has 1 atom stereocenters. The molecule has 0 unspecified atom stereocenters. The third-order valence-corrected chi connectivity index (χ3v) is 3.99. The third kappa shape index (κ3) is 5.75. The second kappa shape index (κ2) is 7.52. The van der Waals surface area contributed by atoms with Gasteiger partial charge in [0.1, 0.15) is 11.9 Å². The van der Waals surface area contributed by atoms with Gasteiger partial charge in [0.05, 0.1) is 11.9 Å². The molecule has 3 N–H and O–H groups in total. The number of benzene rings is 2. The van der Waals surface area contributed by atoms with Gasteiger partial charge in [-0.15, -0.1) is 0 Å². The summed E-state index contributed by atoms with van der Waals surface area (Å²) in [4.78, 5) is 12.2. The first-order chi connectivity index (χ1) is 11.6. The summed E-state index contributed by atoms with van der Waals surface area (Å²) in [6.45, 7) is 3.43. The molecule has 2 aromatic rings. The molecule has 0 saturated heterocycles. The molecule has 6 nitrogen and oxygen atoms in total. The molecule has 2 rings (SSSR count). The van der Waals surface area contributed by atoms with Crippen LogP contribution in [0.5, 0.6) is 0 Å². The standard InChI is InChI=1S/C17H20FN3O3S/c1-11-7-8-15(10-16(11)21-25(3,23)24)19-12(2)17(22)20-14-6-4-5-13(18)9-14/h4-10,12,19,21H,1-3H3,(H,20,22)/t12-/m0/s1. The number of carbonyl (C=O) groups excluding carboxylic acids is 1. The van der Waals surface area contributed by atoms with Gasteiger partial charge in [-0.3, -0.25) is 9.52 Å². The Morgan fingerprint density at radius 2 is 1.84 bits per heavy atom. The third-order valence-electron chi connectivity index (χ3n) is 3.40. The number of carbonyl (C=O) groups is 1. The lowest BCUT2D eigenvalue weighted by molar-refractivity contribution is -0.116. The van der Waals surface area contributed by atoms with E-state index >= 15 is 0 Å². The van der Waals surface area contributed by atoms with Crippen LogP contribution in [-0.2, 0) is 14.8 Å². The zero-order chi connectivity index (χ0) is 18.6. The van der Waals surface area contributed by atoms with E-state index in [0.717, 1.165) is 11.8 Å². The van der Waals surface area contributed by atoms with E-state index in [1.54, 1.807) is 38.1 Å². The monoisotopic (exact) mass is 365 g/mol. The van der Waals surface area contributed by atoms with E-state index in [9.17, 15) is 17.6 Å². The summed E-state index contributed by atoms with van der Waals surface area (Å²) in [5.41, 5.74) is 2.14. The first-order valence-electron chi connectivity index (χ1n) is 7.55. The number of aryl methyl sites for hydroxylation is 1. The zero-order valence-corrected chi connectivity index (χ0v) is 14.9. The fraction of sp³-hybridized carbons (Fsp3) is 0.235. The fourth-order valence-corrected chi connectivity index (χ4v) is 2.77. The molecule has 0 radical (unpaired) electrons. The summed E-state index contributed by atoms with van der Waals surface area (Å²) in [6, 6.07) is 10.1. The Bertz CT molecular complexity index is 884. The first-order valence-corrected chi connectivity index (χ1v) is 9.44. The highest BCUT2D eigenvalue weighted by Gasteiger charge is 2.14. The van der Waals surface area contributed by atoms with Gasteiger partial charge in [-0.1, -0.05) is 12.1 Å². The Balaban J connectivity index is 2.08. The molecule has 0 fully saturated rings. The van der Waals surface area contributed by atoms with Gasteiger partial charge in [0.25, 0.3) is 0 Å². The Labute approximate surface area is 146 Å². The molecule has 0 aromatic heterocycles. The first kappa shape index (κ1) is 18.7. The number of nitrogens with one attached hydrogen (secondary N) is 3. The summed E-state index contributed by atoms with van der Waals surface area (Å²) in [7, 11) is -3.40. The molecule has 0 spiro atoms. The van der Waals surface area contributed by atoms with Crippen molar-refractivity contribution in [3.8, 4) is 0 Å². The maximum absolute atomic E-state index is 13.2. The van der Waals surface area contributed by atoms with E-state index in [1.807, 2.05) is 0 Å². The largest absolute Gasteiger partial charge is 0.374 e. The smallest absolute Gasteiger partial charge is 0.246 e. The molecule has 0 aliphatic carbocycles. The minimum absolute atomic E-state index is 0.344. The molecule has 0 saturated carbocycles. The predicted octanol–water partition coefficient (Wildman–Crippen LogP) is 2.94. The molecule has 0 heterocycles. The summed E-state index contributed by atoms with van der Waals surface area (Å²) in [5.74, 6) is -0.780. The second-order valence-corrected chi connectivity index (χ2v) is 7.52. The highest BCUT2D eigenvalue weighted by molar-refractivity contribution is 7.92. The summed E-state index contributed by atoms with van der Waals surface area (Å²) >= 11 is 0. The van der Waals surface area contributed by atoms with Crippen molar-refractivity contribution >= 4 is 33.0 Å². The van der Waals surface area contributed by atoms with Crippen molar-refractivity contribution in [1.29, 1.82) is 0 Å². The lowest BCUT2D eigenvalue weighted by Crippen LogP contribution is -2.31. The maximum Gasteiger partial charge on any atom is 0.246 e. The molecular weight excluding hydrogens is 345 g/mol. The van der Waals surface area contributed by atoms with Gasteiger partial charge >= 0.3 is 0 Å². The topological polar surface area (TPSA) is 87.3 Å². The average Bonchev–Trinajstić information content (AvgIpc) is 2.49. The van der Waals surface area contributed by atoms with E-state index in [-0.39, 0.29) is 5.91 Å². The summed E-state index contributed by atoms with van der Waals surface area (Å²) in [6.07, 6.45) is 1.07. The number of hydrogen-bond acceptors (Lipinski definition) is 4. The van der Waals surface area contributed by atoms with Crippen LogP contribution in [0.4, 0.5) is 21.5 Å². The van der Waals surface area contributed by atoms with Crippen LogP contribution in [-0.4, -0.2) is 26.6 Å². The Hall–Kier alpha value is -2.61. The van der Waals surface area contributed by atoms with Crippen LogP contribution in [0.1, 0.15) is 12.5 Å². The fourth-order valence-electron chi connectivity index (χ4n) is 2.15. The van der Waals surface area contributed by atoms with Crippen LogP contribution in [0.25, 0.3) is 0 Å². The Morgan fingerprint density at radius 1 is 1.12 bits per heavy atom. The highest BCUT2D eigenvalue weighted by Crippen LogP contribution is 2.22. The van der Waals surface area contributed by atoms with Crippen molar-refractivity contribution in [2.24, 2.45) is 0 Å². The molecule has 0 aliphatic heterocycles.